The van der Waals surface area contributed by atoms with Crippen LogP contribution >= 0.6 is 11.8 Å². The Kier molecular flexibility index (Phi) is 4.46. The van der Waals surface area contributed by atoms with E-state index in [0.29, 0.717) is 23.1 Å². The largest absolute Gasteiger partial charge is 0.454 e. The monoisotopic (exact) mass is 359 g/mol. The molecule has 0 N–H and O–H groups in total. The first-order valence-electron chi connectivity index (χ1n) is 8.77. The minimum Gasteiger partial charge on any atom is -0.454 e. The van der Waals surface area contributed by atoms with Crippen molar-refractivity contribution in [3.8, 4) is 11.5 Å². The van der Waals surface area contributed by atoms with Gasteiger partial charge in [-0.15, -0.1) is 0 Å². The van der Waals surface area contributed by atoms with Crippen LogP contribution in [0.1, 0.15) is 43.2 Å². The van der Waals surface area contributed by atoms with Crippen molar-refractivity contribution in [2.24, 2.45) is 5.92 Å². The normalized spacial score (nSPS) is 22.3. The van der Waals surface area contributed by atoms with E-state index < -0.39 is 0 Å². The zero-order valence-corrected chi connectivity index (χ0v) is 15.1. The van der Waals surface area contributed by atoms with Gasteiger partial charge in [-0.25, -0.2) is 0 Å². The van der Waals surface area contributed by atoms with Gasteiger partial charge in [0.2, 0.25) is 6.79 Å². The molecule has 2 heterocycles. The molecule has 1 saturated carbocycles. The van der Waals surface area contributed by atoms with Crippen LogP contribution in [-0.2, 0) is 4.79 Å². The number of benzene rings is 1. The SMILES string of the molecule is Cc1cc2c(cc1/C=C1/SC(=O)N(CC3CCCCC3)C1=O)OCO2. The van der Waals surface area contributed by atoms with Gasteiger partial charge in [0.25, 0.3) is 11.1 Å². The molecular formula is C19H21NO4S. The van der Waals surface area contributed by atoms with E-state index in [1.54, 1.807) is 6.08 Å². The predicted octanol–water partition coefficient (Wildman–Crippen LogP) is 4.34. The quantitative estimate of drug-likeness (QED) is 0.752. The standard InChI is InChI=1S/C19H21NO4S/c1-12-7-15-16(24-11-23-15)8-14(12)9-17-18(21)20(19(22)25-17)10-13-5-3-2-4-6-13/h7-9,13H,2-6,10-11H2,1H3/b17-9+. The Morgan fingerprint density at radius 2 is 1.88 bits per heavy atom. The summed E-state index contributed by atoms with van der Waals surface area (Å²) in [7, 11) is 0. The molecule has 0 unspecified atom stereocenters. The van der Waals surface area contributed by atoms with Gasteiger partial charge in [0.15, 0.2) is 11.5 Å². The molecule has 1 aliphatic carbocycles. The highest BCUT2D eigenvalue weighted by molar-refractivity contribution is 8.18. The van der Waals surface area contributed by atoms with Crippen LogP contribution in [0.4, 0.5) is 4.79 Å². The summed E-state index contributed by atoms with van der Waals surface area (Å²) in [6, 6.07) is 3.77. The lowest BCUT2D eigenvalue weighted by molar-refractivity contribution is -0.123. The van der Waals surface area contributed by atoms with Crippen molar-refractivity contribution in [1.82, 2.24) is 4.90 Å². The molecular weight excluding hydrogens is 338 g/mol. The molecule has 5 nitrogen and oxygen atoms in total. The van der Waals surface area contributed by atoms with Crippen molar-refractivity contribution < 1.29 is 19.1 Å². The molecule has 0 aromatic heterocycles. The number of fused-ring (bicyclic) bond motifs is 1. The zero-order valence-electron chi connectivity index (χ0n) is 14.2. The van der Waals surface area contributed by atoms with Crippen LogP contribution in [0.3, 0.4) is 0 Å². The smallest absolute Gasteiger partial charge is 0.293 e. The van der Waals surface area contributed by atoms with E-state index in [0.717, 1.165) is 41.5 Å². The summed E-state index contributed by atoms with van der Waals surface area (Å²) < 4.78 is 10.8. The first kappa shape index (κ1) is 16.5. The number of hydrogen-bond donors (Lipinski definition) is 0. The van der Waals surface area contributed by atoms with Crippen LogP contribution in [0.15, 0.2) is 17.0 Å². The maximum Gasteiger partial charge on any atom is 0.293 e. The molecule has 1 aromatic carbocycles. The zero-order chi connectivity index (χ0) is 17.4. The van der Waals surface area contributed by atoms with E-state index in [2.05, 4.69) is 0 Å². The summed E-state index contributed by atoms with van der Waals surface area (Å²) in [5.74, 6) is 1.69. The van der Waals surface area contributed by atoms with Crippen LogP contribution in [0.25, 0.3) is 6.08 Å². The molecule has 0 spiro atoms. The Hall–Kier alpha value is -1.95. The molecule has 2 aliphatic heterocycles. The van der Waals surface area contributed by atoms with Crippen LogP contribution < -0.4 is 9.47 Å². The summed E-state index contributed by atoms with van der Waals surface area (Å²) in [5, 5.41) is -0.153. The fourth-order valence-electron chi connectivity index (χ4n) is 3.64. The van der Waals surface area contributed by atoms with E-state index in [1.807, 2.05) is 19.1 Å². The lowest BCUT2D eigenvalue weighted by Crippen LogP contribution is -2.34. The maximum atomic E-state index is 12.7. The Labute approximate surface area is 151 Å². The van der Waals surface area contributed by atoms with Gasteiger partial charge < -0.3 is 9.47 Å². The summed E-state index contributed by atoms with van der Waals surface area (Å²) in [5.41, 5.74) is 1.87. The third kappa shape index (κ3) is 3.27. The first-order chi connectivity index (χ1) is 12.1. The fraction of sp³-hybridized carbons (Fsp3) is 0.474. The van der Waals surface area contributed by atoms with Gasteiger partial charge in [0.05, 0.1) is 4.91 Å². The molecule has 0 atom stereocenters. The number of hydrogen-bond acceptors (Lipinski definition) is 5. The molecule has 25 heavy (non-hydrogen) atoms. The highest BCUT2D eigenvalue weighted by Crippen LogP contribution is 2.38. The van der Waals surface area contributed by atoms with E-state index in [1.165, 1.54) is 24.2 Å². The third-order valence-electron chi connectivity index (χ3n) is 5.09. The number of nitrogens with zero attached hydrogens (tertiary/aromatic N) is 1. The van der Waals surface area contributed by atoms with Gasteiger partial charge in [-0.3, -0.25) is 14.5 Å². The predicted molar refractivity (Wildman–Crippen MR) is 96.6 cm³/mol. The Morgan fingerprint density at radius 3 is 2.64 bits per heavy atom. The number of rotatable bonds is 3. The highest BCUT2D eigenvalue weighted by atomic mass is 32.2. The number of carbonyl (C=O) groups excluding carboxylic acids is 2. The number of amides is 2. The molecule has 2 fully saturated rings. The van der Waals surface area contributed by atoms with E-state index in [9.17, 15) is 9.59 Å². The number of aryl methyl sites for hydroxylation is 1. The number of thioether (sulfide) groups is 1. The van der Waals surface area contributed by atoms with Crippen molar-refractivity contribution in [1.29, 1.82) is 0 Å². The molecule has 2 amide bonds. The molecule has 1 aromatic rings. The van der Waals surface area contributed by atoms with Gasteiger partial charge in [-0.05, 0) is 66.8 Å². The van der Waals surface area contributed by atoms with Gasteiger partial charge in [0.1, 0.15) is 0 Å². The summed E-state index contributed by atoms with van der Waals surface area (Å²) in [6.07, 6.45) is 7.69. The van der Waals surface area contributed by atoms with Crippen LogP contribution in [0.5, 0.6) is 11.5 Å². The average Bonchev–Trinajstić information content (AvgIpc) is 3.16. The van der Waals surface area contributed by atoms with Gasteiger partial charge in [0, 0.05) is 6.54 Å². The van der Waals surface area contributed by atoms with Crippen LogP contribution in [0, 0.1) is 12.8 Å². The minimum atomic E-state index is -0.169. The molecule has 6 heteroatoms. The Morgan fingerprint density at radius 1 is 1.16 bits per heavy atom. The number of ether oxygens (including phenoxy) is 2. The minimum absolute atomic E-state index is 0.153. The molecule has 132 valence electrons. The molecule has 0 radical (unpaired) electrons. The average molecular weight is 359 g/mol. The summed E-state index contributed by atoms with van der Waals surface area (Å²) in [4.78, 5) is 26.9. The second-order valence-electron chi connectivity index (χ2n) is 6.86. The molecule has 1 saturated heterocycles. The van der Waals surface area contributed by atoms with Crippen molar-refractivity contribution in [2.75, 3.05) is 13.3 Å². The molecule has 4 rings (SSSR count). The molecule has 3 aliphatic rings. The van der Waals surface area contributed by atoms with E-state index in [-0.39, 0.29) is 17.9 Å². The fourth-order valence-corrected chi connectivity index (χ4v) is 4.48. The van der Waals surface area contributed by atoms with Crippen molar-refractivity contribution in [3.63, 3.8) is 0 Å². The van der Waals surface area contributed by atoms with E-state index >= 15 is 0 Å². The first-order valence-corrected chi connectivity index (χ1v) is 9.59. The summed E-state index contributed by atoms with van der Waals surface area (Å²) >= 11 is 1.03. The number of carbonyl (C=O) groups is 2. The Balaban J connectivity index is 1.54. The lowest BCUT2D eigenvalue weighted by atomic mass is 9.89. The van der Waals surface area contributed by atoms with Crippen LogP contribution in [-0.4, -0.2) is 29.4 Å². The van der Waals surface area contributed by atoms with Gasteiger partial charge in [-0.2, -0.15) is 0 Å². The van der Waals surface area contributed by atoms with Gasteiger partial charge >= 0.3 is 0 Å². The lowest BCUT2D eigenvalue weighted by Gasteiger charge is -2.25. The van der Waals surface area contributed by atoms with Crippen molar-refractivity contribution >= 4 is 29.0 Å². The Bertz CT molecular complexity index is 752. The topological polar surface area (TPSA) is 55.8 Å². The second-order valence-corrected chi connectivity index (χ2v) is 7.85. The number of imide groups is 1. The third-order valence-corrected chi connectivity index (χ3v) is 5.99. The molecule has 0 bridgehead atoms. The van der Waals surface area contributed by atoms with Crippen LogP contribution in [0.2, 0.25) is 0 Å². The van der Waals surface area contributed by atoms with E-state index in [4.69, 9.17) is 9.47 Å². The highest BCUT2D eigenvalue weighted by Gasteiger charge is 2.36. The van der Waals surface area contributed by atoms with Crippen molar-refractivity contribution in [3.05, 3.63) is 28.2 Å². The van der Waals surface area contributed by atoms with Crippen molar-refractivity contribution in [2.45, 2.75) is 39.0 Å². The second kappa shape index (κ2) is 6.75. The summed E-state index contributed by atoms with van der Waals surface area (Å²) in [6.45, 7) is 2.73. The van der Waals surface area contributed by atoms with Gasteiger partial charge in [-0.1, -0.05) is 19.3 Å². The maximum absolute atomic E-state index is 12.7.